The molecule has 1 amide bonds. The van der Waals surface area contributed by atoms with Crippen LogP contribution < -0.4 is 5.32 Å². The number of aromatic hydroxyl groups is 1. The van der Waals surface area contributed by atoms with Gasteiger partial charge in [-0.2, -0.15) is 0 Å². The lowest BCUT2D eigenvalue weighted by Crippen LogP contribution is -2.22. The second kappa shape index (κ2) is 10.7. The van der Waals surface area contributed by atoms with Crippen LogP contribution in [0.4, 0.5) is 10.5 Å². The molecule has 154 valence electrons. The summed E-state index contributed by atoms with van der Waals surface area (Å²) in [5.41, 5.74) is 2.16. The Kier molecular flexibility index (Phi) is 8.27. The predicted molar refractivity (Wildman–Crippen MR) is 115 cm³/mol. The van der Waals surface area contributed by atoms with Crippen molar-refractivity contribution in [1.82, 2.24) is 0 Å². The Balaban J connectivity index is 2.17. The molecule has 6 nitrogen and oxygen atoms in total. The monoisotopic (exact) mass is 461 g/mol. The van der Waals surface area contributed by atoms with Gasteiger partial charge in [0.1, 0.15) is 11.9 Å². The highest BCUT2D eigenvalue weighted by atomic mass is 79.9. The zero-order valence-electron chi connectivity index (χ0n) is 16.3. The van der Waals surface area contributed by atoms with Crippen LogP contribution in [0.2, 0.25) is 0 Å². The molecular formula is C22H24BrNO5. The summed E-state index contributed by atoms with van der Waals surface area (Å²) in [5.74, 6) is -1.15. The lowest BCUT2D eigenvalue weighted by Gasteiger charge is -2.25. The van der Waals surface area contributed by atoms with Gasteiger partial charge in [-0.15, -0.1) is 0 Å². The first-order chi connectivity index (χ1) is 13.8. The van der Waals surface area contributed by atoms with Crippen molar-refractivity contribution in [2.75, 3.05) is 5.32 Å². The minimum atomic E-state index is -1.01. The van der Waals surface area contributed by atoms with Crippen molar-refractivity contribution in [3.63, 3.8) is 0 Å². The molecule has 0 saturated carbocycles. The Bertz CT molecular complexity index is 879. The molecule has 0 aliphatic rings. The number of nitrogens with one attached hydrogen (secondary N) is 1. The standard InChI is InChI=1S/C22H24BrNO5/c1-14-7-10-17(11-8-14)24-22(28)29-21(15(2)5-3-4-6-20(26)27)18-13-16(23)9-12-19(18)25/h4,6-13,15,21,25H,3,5H2,1-2H3,(H,24,28)(H,26,27)/b6-4+/t15-,21+/m0/s1. The maximum atomic E-state index is 12.5. The van der Waals surface area contributed by atoms with E-state index in [9.17, 15) is 14.7 Å². The smallest absolute Gasteiger partial charge is 0.412 e. The topological polar surface area (TPSA) is 95.9 Å². The summed E-state index contributed by atoms with van der Waals surface area (Å²) < 4.78 is 6.42. The summed E-state index contributed by atoms with van der Waals surface area (Å²) >= 11 is 3.38. The van der Waals surface area contributed by atoms with Crippen molar-refractivity contribution in [3.05, 3.63) is 70.2 Å². The number of carbonyl (C=O) groups excluding carboxylic acids is 1. The molecule has 29 heavy (non-hydrogen) atoms. The number of allylic oxidation sites excluding steroid dienone is 1. The molecule has 0 bridgehead atoms. The van der Waals surface area contributed by atoms with E-state index in [2.05, 4.69) is 21.2 Å². The van der Waals surface area contributed by atoms with Gasteiger partial charge in [0.2, 0.25) is 0 Å². The van der Waals surface area contributed by atoms with Crippen molar-refractivity contribution < 1.29 is 24.5 Å². The Labute approximate surface area is 178 Å². The van der Waals surface area contributed by atoms with E-state index in [0.717, 1.165) is 16.1 Å². The number of anilines is 1. The Morgan fingerprint density at radius 3 is 2.55 bits per heavy atom. The van der Waals surface area contributed by atoms with Crippen LogP contribution in [-0.4, -0.2) is 22.3 Å². The average Bonchev–Trinajstić information content (AvgIpc) is 2.67. The minimum absolute atomic E-state index is 0.0225. The van der Waals surface area contributed by atoms with Gasteiger partial charge in [0.25, 0.3) is 0 Å². The van der Waals surface area contributed by atoms with Gasteiger partial charge in [0, 0.05) is 21.8 Å². The summed E-state index contributed by atoms with van der Waals surface area (Å²) in [6.07, 6.45) is 2.37. The highest BCUT2D eigenvalue weighted by molar-refractivity contribution is 9.10. The van der Waals surface area contributed by atoms with E-state index in [1.807, 2.05) is 26.0 Å². The average molecular weight is 462 g/mol. The summed E-state index contributed by atoms with van der Waals surface area (Å²) in [6, 6.07) is 12.3. The Morgan fingerprint density at radius 2 is 1.90 bits per heavy atom. The summed E-state index contributed by atoms with van der Waals surface area (Å²) in [4.78, 5) is 23.1. The first kappa shape index (κ1) is 22.5. The molecule has 2 rings (SSSR count). The van der Waals surface area contributed by atoms with E-state index in [-0.39, 0.29) is 11.7 Å². The SMILES string of the molecule is Cc1ccc(NC(=O)O[C@@H](c2cc(Br)ccc2O)[C@@H](C)CC/C=C/C(=O)O)cc1. The number of carboxylic acid groups (broad SMARTS) is 1. The van der Waals surface area contributed by atoms with Crippen molar-refractivity contribution in [1.29, 1.82) is 0 Å². The minimum Gasteiger partial charge on any atom is -0.508 e. The number of carbonyl (C=O) groups is 2. The first-order valence-electron chi connectivity index (χ1n) is 9.18. The van der Waals surface area contributed by atoms with E-state index in [1.54, 1.807) is 30.3 Å². The van der Waals surface area contributed by atoms with Crippen molar-refractivity contribution in [2.45, 2.75) is 32.8 Å². The number of halogens is 1. The maximum absolute atomic E-state index is 12.5. The quantitative estimate of drug-likeness (QED) is 0.431. The molecule has 2 atom stereocenters. The molecule has 7 heteroatoms. The third kappa shape index (κ3) is 7.27. The molecule has 0 unspecified atom stereocenters. The lowest BCUT2D eigenvalue weighted by atomic mass is 9.92. The number of phenolic OH excluding ortho intramolecular Hbond substituents is 1. The van der Waals surface area contributed by atoms with Gasteiger partial charge in [0.05, 0.1) is 0 Å². The molecule has 0 saturated heterocycles. The van der Waals surface area contributed by atoms with Crippen LogP contribution in [0.3, 0.4) is 0 Å². The highest BCUT2D eigenvalue weighted by Gasteiger charge is 2.26. The van der Waals surface area contributed by atoms with E-state index in [4.69, 9.17) is 9.84 Å². The van der Waals surface area contributed by atoms with Crippen LogP contribution in [0, 0.1) is 12.8 Å². The number of rotatable bonds is 8. The third-order valence-electron chi connectivity index (χ3n) is 4.39. The lowest BCUT2D eigenvalue weighted by molar-refractivity contribution is -0.131. The van der Waals surface area contributed by atoms with Gasteiger partial charge in [-0.3, -0.25) is 5.32 Å². The van der Waals surface area contributed by atoms with E-state index in [1.165, 1.54) is 6.07 Å². The van der Waals surface area contributed by atoms with Crippen LogP contribution in [0.5, 0.6) is 5.75 Å². The van der Waals surface area contributed by atoms with Gasteiger partial charge < -0.3 is 14.9 Å². The molecule has 3 N–H and O–H groups in total. The molecule has 0 aromatic heterocycles. The molecule has 0 aliphatic heterocycles. The fourth-order valence-electron chi connectivity index (χ4n) is 2.83. The molecule has 0 heterocycles. The number of hydrogen-bond acceptors (Lipinski definition) is 4. The van der Waals surface area contributed by atoms with Crippen molar-refractivity contribution in [3.8, 4) is 5.75 Å². The number of carboxylic acids is 1. The van der Waals surface area contributed by atoms with Gasteiger partial charge in [-0.25, -0.2) is 9.59 Å². The zero-order chi connectivity index (χ0) is 21.4. The number of phenols is 1. The van der Waals surface area contributed by atoms with Crippen LogP contribution in [0.15, 0.2) is 59.1 Å². The highest BCUT2D eigenvalue weighted by Crippen LogP contribution is 2.36. The van der Waals surface area contributed by atoms with Crippen LogP contribution in [-0.2, 0) is 9.53 Å². The van der Waals surface area contributed by atoms with Crippen molar-refractivity contribution in [2.24, 2.45) is 5.92 Å². The third-order valence-corrected chi connectivity index (χ3v) is 4.89. The number of amides is 1. The van der Waals surface area contributed by atoms with E-state index in [0.29, 0.717) is 24.1 Å². The fraction of sp³-hybridized carbons (Fsp3) is 0.273. The second-order valence-electron chi connectivity index (χ2n) is 6.82. The van der Waals surface area contributed by atoms with Crippen LogP contribution in [0.25, 0.3) is 0 Å². The molecule has 0 aliphatic carbocycles. The predicted octanol–water partition coefficient (Wildman–Crippen LogP) is 5.81. The Morgan fingerprint density at radius 1 is 1.21 bits per heavy atom. The van der Waals surface area contributed by atoms with Gasteiger partial charge in [-0.1, -0.05) is 46.6 Å². The number of aliphatic carboxylic acids is 1. The second-order valence-corrected chi connectivity index (χ2v) is 7.73. The van der Waals surface area contributed by atoms with Crippen molar-refractivity contribution >= 4 is 33.7 Å². The van der Waals surface area contributed by atoms with Gasteiger partial charge >= 0.3 is 12.1 Å². The largest absolute Gasteiger partial charge is 0.508 e. The number of ether oxygens (including phenoxy) is 1. The summed E-state index contributed by atoms with van der Waals surface area (Å²) in [7, 11) is 0. The number of aryl methyl sites for hydroxylation is 1. The fourth-order valence-corrected chi connectivity index (χ4v) is 3.21. The Hall–Kier alpha value is -2.80. The normalized spacial score (nSPS) is 13.1. The molecule has 0 spiro atoms. The van der Waals surface area contributed by atoms with E-state index < -0.39 is 18.2 Å². The molecule has 0 radical (unpaired) electrons. The first-order valence-corrected chi connectivity index (χ1v) is 9.97. The molecule has 2 aromatic carbocycles. The molecular weight excluding hydrogens is 438 g/mol. The number of hydrogen-bond donors (Lipinski definition) is 3. The maximum Gasteiger partial charge on any atom is 0.412 e. The summed E-state index contributed by atoms with van der Waals surface area (Å²) in [6.45, 7) is 3.84. The number of benzene rings is 2. The molecule has 0 fully saturated rings. The summed E-state index contributed by atoms with van der Waals surface area (Å²) in [5, 5.41) is 21.7. The van der Waals surface area contributed by atoms with Crippen LogP contribution in [0.1, 0.15) is 37.0 Å². The zero-order valence-corrected chi connectivity index (χ0v) is 17.8. The molecule has 2 aromatic rings. The van der Waals surface area contributed by atoms with Gasteiger partial charge in [0.15, 0.2) is 0 Å². The van der Waals surface area contributed by atoms with E-state index >= 15 is 0 Å². The van der Waals surface area contributed by atoms with Crippen LogP contribution >= 0.6 is 15.9 Å². The van der Waals surface area contributed by atoms with Gasteiger partial charge in [-0.05, 0) is 56.0 Å².